The molecule has 0 spiro atoms. The van der Waals surface area contributed by atoms with Crippen molar-refractivity contribution in [2.75, 3.05) is 43.9 Å². The maximum atomic E-state index is 13.1. The lowest BCUT2D eigenvalue weighted by atomic mass is 10.1. The van der Waals surface area contributed by atoms with Crippen molar-refractivity contribution < 1.29 is 12.8 Å². The van der Waals surface area contributed by atoms with Crippen molar-refractivity contribution in [1.82, 2.24) is 14.6 Å². The molecule has 0 amide bonds. The Kier molecular flexibility index (Phi) is 5.85. The number of nitrogens with zero attached hydrogens (tertiary/aromatic N) is 3. The van der Waals surface area contributed by atoms with E-state index in [1.54, 1.807) is 24.5 Å². The van der Waals surface area contributed by atoms with Crippen molar-refractivity contribution in [3.8, 4) is 0 Å². The minimum absolute atomic E-state index is 0.0752. The third-order valence-corrected chi connectivity index (χ3v) is 5.25. The van der Waals surface area contributed by atoms with Crippen LogP contribution in [0.3, 0.4) is 0 Å². The molecule has 0 unspecified atom stereocenters. The fourth-order valence-electron chi connectivity index (χ4n) is 3.20. The molecule has 1 aliphatic heterocycles. The highest BCUT2D eigenvalue weighted by atomic mass is 32.2. The minimum atomic E-state index is -3.27. The molecule has 6 nitrogen and oxygen atoms in total. The molecule has 1 N–H and O–H groups in total. The van der Waals surface area contributed by atoms with Gasteiger partial charge in [0.1, 0.15) is 5.82 Å². The Bertz CT molecular complexity index is 807. The Labute approximate surface area is 153 Å². The van der Waals surface area contributed by atoms with Gasteiger partial charge in [-0.2, -0.15) is 0 Å². The molecule has 0 saturated carbocycles. The van der Waals surface area contributed by atoms with Crippen LogP contribution in [0.4, 0.5) is 10.1 Å². The fourth-order valence-corrected chi connectivity index (χ4v) is 3.67. The van der Waals surface area contributed by atoms with Crippen molar-refractivity contribution in [2.24, 2.45) is 0 Å². The summed E-state index contributed by atoms with van der Waals surface area (Å²) >= 11 is 0. The van der Waals surface area contributed by atoms with E-state index in [1.807, 2.05) is 12.1 Å². The molecule has 140 valence electrons. The van der Waals surface area contributed by atoms with Gasteiger partial charge >= 0.3 is 0 Å². The zero-order valence-corrected chi connectivity index (χ0v) is 15.5. The van der Waals surface area contributed by atoms with Crippen LogP contribution in [0, 0.1) is 5.82 Å². The van der Waals surface area contributed by atoms with Gasteiger partial charge in [-0.25, -0.2) is 17.5 Å². The van der Waals surface area contributed by atoms with Crippen LogP contribution in [0.15, 0.2) is 48.8 Å². The summed E-state index contributed by atoms with van der Waals surface area (Å²) in [6.45, 7) is 3.45. The first-order chi connectivity index (χ1) is 12.4. The van der Waals surface area contributed by atoms with Crippen molar-refractivity contribution in [2.45, 2.75) is 6.04 Å². The molecule has 1 atom stereocenters. The Morgan fingerprint density at radius 1 is 1.15 bits per heavy atom. The first-order valence-corrected chi connectivity index (χ1v) is 10.4. The number of halogens is 1. The first-order valence-electron chi connectivity index (χ1n) is 8.51. The van der Waals surface area contributed by atoms with Gasteiger partial charge in [0.15, 0.2) is 0 Å². The first kappa shape index (κ1) is 18.8. The second-order valence-electron chi connectivity index (χ2n) is 6.42. The summed E-state index contributed by atoms with van der Waals surface area (Å²) in [6.07, 6.45) is 4.65. The van der Waals surface area contributed by atoms with Gasteiger partial charge in [0.05, 0.1) is 6.26 Å². The summed E-state index contributed by atoms with van der Waals surface area (Å²) in [6, 6.07) is 10.3. The number of pyridine rings is 1. The van der Waals surface area contributed by atoms with Crippen LogP contribution in [-0.2, 0) is 10.0 Å². The highest BCUT2D eigenvalue weighted by molar-refractivity contribution is 7.88. The lowest BCUT2D eigenvalue weighted by molar-refractivity contribution is 0.186. The smallest absolute Gasteiger partial charge is 0.208 e. The summed E-state index contributed by atoms with van der Waals surface area (Å²) < 4.78 is 38.8. The largest absolute Gasteiger partial charge is 0.369 e. The average Bonchev–Trinajstić information content (AvgIpc) is 2.63. The summed E-state index contributed by atoms with van der Waals surface area (Å²) in [4.78, 5) is 8.63. The van der Waals surface area contributed by atoms with Crippen LogP contribution in [0.5, 0.6) is 0 Å². The summed E-state index contributed by atoms with van der Waals surface area (Å²) in [5.41, 5.74) is 1.98. The fraction of sp³-hybridized carbons (Fsp3) is 0.389. The van der Waals surface area contributed by atoms with Crippen LogP contribution in [0.2, 0.25) is 0 Å². The molecule has 1 saturated heterocycles. The second kappa shape index (κ2) is 8.11. The highest BCUT2D eigenvalue weighted by Crippen LogP contribution is 2.23. The maximum absolute atomic E-state index is 13.1. The normalized spacial score (nSPS) is 17.2. The van der Waals surface area contributed by atoms with Crippen molar-refractivity contribution in [1.29, 1.82) is 0 Å². The van der Waals surface area contributed by atoms with Gasteiger partial charge in [-0.05, 0) is 35.9 Å². The van der Waals surface area contributed by atoms with Crippen LogP contribution in [0.1, 0.15) is 11.6 Å². The second-order valence-corrected chi connectivity index (χ2v) is 8.26. The zero-order chi connectivity index (χ0) is 18.6. The van der Waals surface area contributed by atoms with E-state index in [0.717, 1.165) is 37.4 Å². The Morgan fingerprint density at radius 3 is 2.42 bits per heavy atom. The molecule has 2 heterocycles. The number of aromatic nitrogens is 1. The van der Waals surface area contributed by atoms with Crippen LogP contribution in [0.25, 0.3) is 0 Å². The van der Waals surface area contributed by atoms with E-state index in [4.69, 9.17) is 0 Å². The van der Waals surface area contributed by atoms with Crippen LogP contribution < -0.4 is 9.62 Å². The van der Waals surface area contributed by atoms with Crippen LogP contribution in [-0.4, -0.2) is 57.3 Å². The van der Waals surface area contributed by atoms with Crippen molar-refractivity contribution in [3.05, 3.63) is 60.2 Å². The lowest BCUT2D eigenvalue weighted by Crippen LogP contribution is -2.49. The standard InChI is InChI=1S/C18H23FN4O2S/c1-26(24,25)21-14-18(15-3-2-8-20-13-15)23-11-9-22(10-12-23)17-6-4-16(19)5-7-17/h2-8,13,18,21H,9-12,14H2,1H3/t18-/m0/s1. The van der Waals surface area contributed by atoms with E-state index < -0.39 is 10.0 Å². The number of benzene rings is 1. The third-order valence-electron chi connectivity index (χ3n) is 4.55. The Balaban J connectivity index is 1.69. The number of hydrogen-bond donors (Lipinski definition) is 1. The zero-order valence-electron chi connectivity index (χ0n) is 14.7. The number of rotatable bonds is 6. The molecule has 0 radical (unpaired) electrons. The monoisotopic (exact) mass is 378 g/mol. The molecule has 0 aliphatic carbocycles. The number of anilines is 1. The van der Waals surface area contributed by atoms with Gasteiger partial charge in [0, 0.05) is 56.8 Å². The van der Waals surface area contributed by atoms with E-state index in [2.05, 4.69) is 19.5 Å². The van der Waals surface area contributed by atoms with Gasteiger partial charge in [-0.1, -0.05) is 6.07 Å². The van der Waals surface area contributed by atoms with Crippen LogP contribution >= 0.6 is 0 Å². The van der Waals surface area contributed by atoms with Crippen molar-refractivity contribution >= 4 is 15.7 Å². The van der Waals surface area contributed by atoms with Gasteiger partial charge < -0.3 is 4.90 Å². The molecular weight excluding hydrogens is 355 g/mol. The van der Waals surface area contributed by atoms with Gasteiger partial charge in [0.25, 0.3) is 0 Å². The number of sulfonamides is 1. The molecule has 3 rings (SSSR count). The molecule has 1 fully saturated rings. The average molecular weight is 378 g/mol. The van der Waals surface area contributed by atoms with E-state index in [9.17, 15) is 12.8 Å². The molecule has 1 aliphatic rings. The minimum Gasteiger partial charge on any atom is -0.369 e. The van der Waals surface area contributed by atoms with E-state index in [-0.39, 0.29) is 11.9 Å². The summed E-state index contributed by atoms with van der Waals surface area (Å²) in [5.74, 6) is -0.240. The molecule has 2 aromatic rings. The quantitative estimate of drug-likeness (QED) is 0.828. The predicted molar refractivity (Wildman–Crippen MR) is 100 cm³/mol. The third kappa shape index (κ3) is 5.00. The van der Waals surface area contributed by atoms with E-state index in [1.165, 1.54) is 18.4 Å². The van der Waals surface area contributed by atoms with Gasteiger partial charge in [-0.3, -0.25) is 9.88 Å². The molecule has 1 aromatic heterocycles. The molecular formula is C18H23FN4O2S. The van der Waals surface area contributed by atoms with Crippen molar-refractivity contribution in [3.63, 3.8) is 0 Å². The van der Waals surface area contributed by atoms with Gasteiger partial charge in [0.2, 0.25) is 10.0 Å². The van der Waals surface area contributed by atoms with Gasteiger partial charge in [-0.15, -0.1) is 0 Å². The highest BCUT2D eigenvalue weighted by Gasteiger charge is 2.26. The van der Waals surface area contributed by atoms with E-state index >= 15 is 0 Å². The summed E-state index contributed by atoms with van der Waals surface area (Å²) in [5, 5.41) is 0. The SMILES string of the molecule is CS(=O)(=O)NC[C@@H](c1cccnc1)N1CCN(c2ccc(F)cc2)CC1. The molecule has 1 aromatic carbocycles. The summed E-state index contributed by atoms with van der Waals surface area (Å²) in [7, 11) is -3.27. The number of piperazine rings is 1. The van der Waals surface area contributed by atoms with E-state index in [0.29, 0.717) is 6.54 Å². The molecule has 0 bridgehead atoms. The number of hydrogen-bond acceptors (Lipinski definition) is 5. The Morgan fingerprint density at radius 2 is 1.85 bits per heavy atom. The topological polar surface area (TPSA) is 65.5 Å². The predicted octanol–water partition coefficient (Wildman–Crippen LogP) is 1.63. The molecule has 26 heavy (non-hydrogen) atoms. The molecule has 8 heteroatoms. The Hall–Kier alpha value is -2.03. The lowest BCUT2D eigenvalue weighted by Gasteiger charge is -2.40. The number of nitrogens with one attached hydrogen (secondary N) is 1. The maximum Gasteiger partial charge on any atom is 0.208 e.